The first-order chi connectivity index (χ1) is 13.4. The molecule has 4 nitrogen and oxygen atoms in total. The van der Waals surface area contributed by atoms with Gasteiger partial charge in [-0.2, -0.15) is 0 Å². The number of aromatic hydroxyl groups is 1. The molecular formula is C20H12Cl2N2O2S2. The van der Waals surface area contributed by atoms with Crippen molar-refractivity contribution in [1.29, 1.82) is 0 Å². The third-order valence-corrected chi connectivity index (χ3v) is 6.23. The molecule has 0 spiro atoms. The number of phenols is 1. The highest BCUT2D eigenvalue weighted by molar-refractivity contribution is 7.80. The molecule has 0 saturated carbocycles. The Morgan fingerprint density at radius 1 is 1.04 bits per heavy atom. The maximum absolute atomic E-state index is 12.7. The molecule has 1 amide bonds. The third kappa shape index (κ3) is 3.64. The number of hydrogen-bond donors (Lipinski definition) is 3. The number of rotatable bonds is 2. The summed E-state index contributed by atoms with van der Waals surface area (Å²) in [6, 6.07) is 15.9. The van der Waals surface area contributed by atoms with Crippen molar-refractivity contribution < 1.29 is 9.90 Å². The minimum atomic E-state index is -0.391. The number of amides is 1. The minimum absolute atomic E-state index is 0.150. The number of halogens is 2. The number of hydrogen-bond acceptors (Lipinski definition) is 4. The van der Waals surface area contributed by atoms with Gasteiger partial charge >= 0.3 is 0 Å². The monoisotopic (exact) mass is 446 g/mol. The molecule has 4 rings (SSSR count). The molecule has 0 unspecified atom stereocenters. The van der Waals surface area contributed by atoms with Crippen LogP contribution in [0.3, 0.4) is 0 Å². The standard InChI is InChI=1S/C20H12Cl2N2O2S2/c21-11-4-6-14-16(9-11)28-18(17(14)22)19(26)24-20(27)23-15-3-1-2-10-8-12(25)5-7-13(10)15/h1-9,25H,(H2,23,24,26,27). The average molecular weight is 447 g/mol. The number of phenolic OH excluding ortho intramolecular Hbond substituents is 1. The summed E-state index contributed by atoms with van der Waals surface area (Å²) in [5, 5.41) is 18.9. The fraction of sp³-hybridized carbons (Fsp3) is 0. The fourth-order valence-electron chi connectivity index (χ4n) is 2.88. The van der Waals surface area contributed by atoms with E-state index < -0.39 is 5.91 Å². The van der Waals surface area contributed by atoms with Crippen LogP contribution in [0.25, 0.3) is 20.9 Å². The van der Waals surface area contributed by atoms with Crippen molar-refractivity contribution in [3.63, 3.8) is 0 Å². The lowest BCUT2D eigenvalue weighted by atomic mass is 10.1. The van der Waals surface area contributed by atoms with Crippen LogP contribution < -0.4 is 10.6 Å². The van der Waals surface area contributed by atoms with Crippen LogP contribution in [0.15, 0.2) is 54.6 Å². The van der Waals surface area contributed by atoms with E-state index in [9.17, 15) is 9.90 Å². The van der Waals surface area contributed by atoms with Crippen molar-refractivity contribution >= 4 is 84.3 Å². The molecule has 0 bridgehead atoms. The first-order valence-corrected chi connectivity index (χ1v) is 10.1. The smallest absolute Gasteiger partial charge is 0.269 e. The zero-order valence-electron chi connectivity index (χ0n) is 14.1. The van der Waals surface area contributed by atoms with Gasteiger partial charge in [-0.3, -0.25) is 10.1 Å². The summed E-state index contributed by atoms with van der Waals surface area (Å²) in [5.74, 6) is -0.210. The maximum Gasteiger partial charge on any atom is 0.269 e. The molecule has 28 heavy (non-hydrogen) atoms. The summed E-state index contributed by atoms with van der Waals surface area (Å²) in [4.78, 5) is 13.0. The molecule has 8 heteroatoms. The molecule has 0 saturated heterocycles. The predicted molar refractivity (Wildman–Crippen MR) is 121 cm³/mol. The second-order valence-electron chi connectivity index (χ2n) is 6.00. The first kappa shape index (κ1) is 19.0. The Hall–Kier alpha value is -2.38. The molecule has 0 atom stereocenters. The Morgan fingerprint density at radius 3 is 2.64 bits per heavy atom. The Kier molecular flexibility index (Phi) is 5.12. The van der Waals surface area contributed by atoms with Crippen molar-refractivity contribution in [3.05, 3.63) is 69.5 Å². The number of thiophene rings is 1. The largest absolute Gasteiger partial charge is 0.508 e. The van der Waals surface area contributed by atoms with E-state index in [0.29, 0.717) is 14.9 Å². The van der Waals surface area contributed by atoms with Gasteiger partial charge in [0.1, 0.15) is 10.6 Å². The van der Waals surface area contributed by atoms with E-state index in [2.05, 4.69) is 10.6 Å². The number of thiocarbonyl (C=S) groups is 1. The van der Waals surface area contributed by atoms with Gasteiger partial charge in [-0.15, -0.1) is 11.3 Å². The van der Waals surface area contributed by atoms with Gasteiger partial charge in [0.05, 0.1) is 5.02 Å². The summed E-state index contributed by atoms with van der Waals surface area (Å²) < 4.78 is 0.829. The number of carbonyl (C=O) groups excluding carboxylic acids is 1. The lowest BCUT2D eigenvalue weighted by Crippen LogP contribution is -2.33. The van der Waals surface area contributed by atoms with Crippen LogP contribution in [-0.2, 0) is 0 Å². The van der Waals surface area contributed by atoms with E-state index >= 15 is 0 Å². The molecule has 4 aromatic rings. The number of nitrogens with one attached hydrogen (secondary N) is 2. The second kappa shape index (κ2) is 7.56. The molecule has 0 aliphatic rings. The molecule has 0 fully saturated rings. The van der Waals surface area contributed by atoms with Gasteiger partial charge in [0.2, 0.25) is 0 Å². The molecule has 0 aliphatic carbocycles. The van der Waals surface area contributed by atoms with E-state index in [1.807, 2.05) is 18.2 Å². The molecule has 0 radical (unpaired) electrons. The van der Waals surface area contributed by atoms with Crippen LogP contribution in [0.4, 0.5) is 5.69 Å². The highest BCUT2D eigenvalue weighted by Crippen LogP contribution is 2.36. The normalized spacial score (nSPS) is 10.9. The number of carbonyl (C=O) groups is 1. The van der Waals surface area contributed by atoms with E-state index in [1.165, 1.54) is 11.3 Å². The topological polar surface area (TPSA) is 61.4 Å². The van der Waals surface area contributed by atoms with Crippen LogP contribution in [0.1, 0.15) is 9.67 Å². The van der Waals surface area contributed by atoms with Crippen molar-refractivity contribution in [3.8, 4) is 5.75 Å². The van der Waals surface area contributed by atoms with Gasteiger partial charge in [0, 0.05) is 26.2 Å². The van der Waals surface area contributed by atoms with Gasteiger partial charge in [-0.05, 0) is 54.0 Å². The van der Waals surface area contributed by atoms with Crippen LogP contribution in [0.2, 0.25) is 10.0 Å². The van der Waals surface area contributed by atoms with Gasteiger partial charge in [-0.1, -0.05) is 41.4 Å². The average Bonchev–Trinajstić information content (AvgIpc) is 2.97. The number of anilines is 1. The molecule has 140 valence electrons. The highest BCUT2D eigenvalue weighted by atomic mass is 35.5. The molecule has 0 aliphatic heterocycles. The summed E-state index contributed by atoms with van der Waals surface area (Å²) in [5.41, 5.74) is 0.719. The van der Waals surface area contributed by atoms with E-state index in [4.69, 9.17) is 35.4 Å². The quantitative estimate of drug-likeness (QED) is 0.321. The number of fused-ring (bicyclic) bond motifs is 2. The fourth-order valence-corrected chi connectivity index (χ4v) is 4.77. The second-order valence-corrected chi connectivity index (χ2v) is 8.28. The van der Waals surface area contributed by atoms with E-state index in [1.54, 1.807) is 36.4 Å². The third-order valence-electron chi connectivity index (χ3n) is 4.14. The first-order valence-electron chi connectivity index (χ1n) is 8.14. The maximum atomic E-state index is 12.7. The summed E-state index contributed by atoms with van der Waals surface area (Å²) >= 11 is 18.9. The molecule has 1 heterocycles. The Bertz CT molecular complexity index is 1250. The van der Waals surface area contributed by atoms with Crippen LogP contribution in [0, 0.1) is 0 Å². The lowest BCUT2D eigenvalue weighted by molar-refractivity contribution is 0.0982. The van der Waals surface area contributed by atoms with Crippen LogP contribution >= 0.6 is 46.8 Å². The van der Waals surface area contributed by atoms with Gasteiger partial charge in [0.15, 0.2) is 5.11 Å². The minimum Gasteiger partial charge on any atom is -0.508 e. The molecule has 3 N–H and O–H groups in total. The van der Waals surface area contributed by atoms with Gasteiger partial charge in [0.25, 0.3) is 5.91 Å². The zero-order chi connectivity index (χ0) is 19.8. The molecular weight excluding hydrogens is 435 g/mol. The van der Waals surface area contributed by atoms with E-state index in [-0.39, 0.29) is 10.9 Å². The van der Waals surface area contributed by atoms with Gasteiger partial charge in [-0.25, -0.2) is 0 Å². The Balaban J connectivity index is 1.56. The Morgan fingerprint density at radius 2 is 1.82 bits per heavy atom. The van der Waals surface area contributed by atoms with Crippen molar-refractivity contribution in [1.82, 2.24) is 5.32 Å². The van der Waals surface area contributed by atoms with Crippen molar-refractivity contribution in [2.24, 2.45) is 0 Å². The zero-order valence-corrected chi connectivity index (χ0v) is 17.3. The Labute approximate surface area is 179 Å². The van der Waals surface area contributed by atoms with E-state index in [0.717, 1.165) is 26.5 Å². The molecule has 3 aromatic carbocycles. The lowest BCUT2D eigenvalue weighted by Gasteiger charge is -2.11. The number of benzene rings is 3. The summed E-state index contributed by atoms with van der Waals surface area (Å²) in [7, 11) is 0. The predicted octanol–water partition coefficient (Wildman–Crippen LogP) is 6.19. The van der Waals surface area contributed by atoms with Crippen molar-refractivity contribution in [2.45, 2.75) is 0 Å². The summed E-state index contributed by atoms with van der Waals surface area (Å²) in [6.45, 7) is 0. The van der Waals surface area contributed by atoms with Crippen molar-refractivity contribution in [2.75, 3.05) is 5.32 Å². The SMILES string of the molecule is O=C(NC(=S)Nc1cccc2cc(O)ccc12)c1sc2cc(Cl)ccc2c1Cl. The van der Waals surface area contributed by atoms with Gasteiger partial charge < -0.3 is 10.4 Å². The van der Waals surface area contributed by atoms with Crippen LogP contribution in [-0.4, -0.2) is 16.1 Å². The summed E-state index contributed by atoms with van der Waals surface area (Å²) in [6.07, 6.45) is 0. The highest BCUT2D eigenvalue weighted by Gasteiger charge is 2.18. The van der Waals surface area contributed by atoms with Crippen LogP contribution in [0.5, 0.6) is 5.75 Å². The molecule has 1 aromatic heterocycles.